The van der Waals surface area contributed by atoms with Gasteiger partial charge >= 0.3 is 0 Å². The number of para-hydroxylation sites is 1. The Kier molecular flexibility index (Phi) is 3.03. The summed E-state index contributed by atoms with van der Waals surface area (Å²) in [7, 11) is -3.52. The van der Waals surface area contributed by atoms with Crippen molar-refractivity contribution in [1.29, 1.82) is 0 Å². The summed E-state index contributed by atoms with van der Waals surface area (Å²) < 4.78 is 25.3. The molecule has 0 bridgehead atoms. The average Bonchev–Trinajstić information content (AvgIpc) is 2.48. The summed E-state index contributed by atoms with van der Waals surface area (Å²) in [5, 5.41) is 0.865. The molecule has 4 heteroatoms. The summed E-state index contributed by atoms with van der Waals surface area (Å²) in [6, 6.07) is 16.0. The molecule has 1 heterocycles. The molecule has 0 saturated carbocycles. The second-order valence-corrected chi connectivity index (χ2v) is 6.50. The minimum absolute atomic E-state index is 0.266. The molecule has 0 N–H and O–H groups in total. The smallest absolute Gasteiger partial charge is 0.208 e. The highest BCUT2D eigenvalue weighted by Gasteiger charge is 2.21. The Labute approximate surface area is 117 Å². The molecule has 20 heavy (non-hydrogen) atoms. The maximum atomic E-state index is 12.7. The van der Waals surface area contributed by atoms with Gasteiger partial charge in [-0.1, -0.05) is 36.4 Å². The first-order valence-corrected chi connectivity index (χ1v) is 7.73. The molecule has 0 fully saturated rings. The minimum atomic E-state index is -3.52. The van der Waals surface area contributed by atoms with Gasteiger partial charge in [-0.2, -0.15) is 0 Å². The highest BCUT2D eigenvalue weighted by atomic mass is 32.2. The first-order valence-electron chi connectivity index (χ1n) is 6.25. The number of rotatable bonds is 2. The number of hydrogen-bond donors (Lipinski definition) is 0. The number of sulfone groups is 1. The van der Waals surface area contributed by atoms with Crippen LogP contribution in [0.4, 0.5) is 0 Å². The molecule has 0 amide bonds. The van der Waals surface area contributed by atoms with E-state index in [0.717, 1.165) is 16.5 Å². The van der Waals surface area contributed by atoms with Gasteiger partial charge < -0.3 is 0 Å². The highest BCUT2D eigenvalue weighted by molar-refractivity contribution is 7.91. The van der Waals surface area contributed by atoms with Gasteiger partial charge in [-0.15, -0.1) is 0 Å². The van der Waals surface area contributed by atoms with E-state index in [1.54, 1.807) is 30.3 Å². The van der Waals surface area contributed by atoms with E-state index < -0.39 is 9.84 Å². The van der Waals surface area contributed by atoms with Crippen molar-refractivity contribution < 1.29 is 8.42 Å². The van der Waals surface area contributed by atoms with Crippen LogP contribution in [-0.4, -0.2) is 13.4 Å². The van der Waals surface area contributed by atoms with Gasteiger partial charge in [-0.25, -0.2) is 8.42 Å². The van der Waals surface area contributed by atoms with E-state index in [9.17, 15) is 8.42 Å². The van der Waals surface area contributed by atoms with E-state index in [2.05, 4.69) is 4.98 Å². The van der Waals surface area contributed by atoms with Crippen molar-refractivity contribution in [2.75, 3.05) is 0 Å². The van der Waals surface area contributed by atoms with Gasteiger partial charge in [0.05, 0.1) is 15.3 Å². The Bertz CT molecular complexity index is 871. The van der Waals surface area contributed by atoms with Gasteiger partial charge in [0.1, 0.15) is 0 Å². The van der Waals surface area contributed by atoms with Crippen LogP contribution in [0.3, 0.4) is 0 Å². The predicted molar refractivity (Wildman–Crippen MR) is 78.4 cm³/mol. The fourth-order valence-electron chi connectivity index (χ4n) is 2.26. The van der Waals surface area contributed by atoms with Crippen LogP contribution >= 0.6 is 0 Å². The summed E-state index contributed by atoms with van der Waals surface area (Å²) in [5.74, 6) is 0. The normalized spacial score (nSPS) is 11.7. The molecule has 0 aliphatic rings. The monoisotopic (exact) mass is 283 g/mol. The lowest BCUT2D eigenvalue weighted by molar-refractivity contribution is 0.595. The molecule has 0 atom stereocenters. The van der Waals surface area contributed by atoms with Crippen molar-refractivity contribution in [3.05, 3.63) is 66.4 Å². The van der Waals surface area contributed by atoms with Gasteiger partial charge in [0.2, 0.25) is 9.84 Å². The van der Waals surface area contributed by atoms with E-state index in [4.69, 9.17) is 0 Å². The first-order chi connectivity index (χ1) is 9.60. The Hall–Kier alpha value is -2.20. The summed E-state index contributed by atoms with van der Waals surface area (Å²) >= 11 is 0. The third-order valence-corrected chi connectivity index (χ3v) is 5.22. The molecule has 3 aromatic rings. The number of hydrogen-bond acceptors (Lipinski definition) is 3. The van der Waals surface area contributed by atoms with Crippen LogP contribution in [0.1, 0.15) is 5.56 Å². The van der Waals surface area contributed by atoms with E-state index in [1.807, 2.05) is 31.2 Å². The van der Waals surface area contributed by atoms with Crippen molar-refractivity contribution in [1.82, 2.24) is 4.98 Å². The maximum Gasteiger partial charge on any atom is 0.208 e. The van der Waals surface area contributed by atoms with E-state index in [0.29, 0.717) is 4.90 Å². The van der Waals surface area contributed by atoms with E-state index in [1.165, 1.54) is 6.20 Å². The first kappa shape index (κ1) is 12.8. The van der Waals surface area contributed by atoms with Gasteiger partial charge in [-0.3, -0.25) is 4.98 Å². The molecule has 1 aromatic heterocycles. The zero-order valence-electron chi connectivity index (χ0n) is 10.9. The molecular weight excluding hydrogens is 270 g/mol. The Morgan fingerprint density at radius 2 is 1.55 bits per heavy atom. The third-order valence-electron chi connectivity index (χ3n) is 3.34. The van der Waals surface area contributed by atoms with Crippen molar-refractivity contribution in [2.45, 2.75) is 16.7 Å². The van der Waals surface area contributed by atoms with Gasteiger partial charge in [0.25, 0.3) is 0 Å². The number of fused-ring (bicyclic) bond motifs is 1. The fraction of sp³-hybridized carbons (Fsp3) is 0.0625. The Morgan fingerprint density at radius 3 is 2.30 bits per heavy atom. The molecular formula is C16H13NO2S. The predicted octanol–water partition coefficient (Wildman–Crippen LogP) is 3.38. The average molecular weight is 283 g/mol. The van der Waals surface area contributed by atoms with Crippen LogP contribution in [0, 0.1) is 6.92 Å². The largest absolute Gasteiger partial charge is 0.255 e. The third kappa shape index (κ3) is 1.98. The molecule has 0 aliphatic carbocycles. The lowest BCUT2D eigenvalue weighted by Crippen LogP contribution is -2.05. The van der Waals surface area contributed by atoms with Crippen LogP contribution in [0.5, 0.6) is 0 Å². The minimum Gasteiger partial charge on any atom is -0.255 e. The van der Waals surface area contributed by atoms with E-state index in [-0.39, 0.29) is 4.90 Å². The number of pyridine rings is 1. The van der Waals surface area contributed by atoms with Crippen LogP contribution < -0.4 is 0 Å². The van der Waals surface area contributed by atoms with Crippen molar-refractivity contribution in [3.63, 3.8) is 0 Å². The molecule has 100 valence electrons. The van der Waals surface area contributed by atoms with Gasteiger partial charge in [-0.05, 0) is 30.7 Å². The van der Waals surface area contributed by atoms with Crippen LogP contribution in [0.25, 0.3) is 10.9 Å². The molecule has 3 rings (SSSR count). The quantitative estimate of drug-likeness (QED) is 0.724. The zero-order valence-corrected chi connectivity index (χ0v) is 11.8. The molecule has 0 spiro atoms. The summed E-state index contributed by atoms with van der Waals surface area (Å²) in [6.45, 7) is 1.82. The Balaban J connectivity index is 2.28. The number of benzene rings is 2. The topological polar surface area (TPSA) is 47.0 Å². The summed E-state index contributed by atoms with van der Waals surface area (Å²) in [5.41, 5.74) is 1.54. The summed E-state index contributed by atoms with van der Waals surface area (Å²) in [6.07, 6.45) is 1.44. The second kappa shape index (κ2) is 4.72. The molecule has 3 nitrogen and oxygen atoms in total. The van der Waals surface area contributed by atoms with Crippen molar-refractivity contribution in [3.8, 4) is 0 Å². The van der Waals surface area contributed by atoms with Crippen molar-refractivity contribution in [2.24, 2.45) is 0 Å². The van der Waals surface area contributed by atoms with Crippen LogP contribution in [0.15, 0.2) is 70.6 Å². The highest BCUT2D eigenvalue weighted by Crippen LogP contribution is 2.27. The molecule has 0 radical (unpaired) electrons. The lowest BCUT2D eigenvalue weighted by atomic mass is 10.1. The lowest BCUT2D eigenvalue weighted by Gasteiger charge is -2.09. The zero-order chi connectivity index (χ0) is 14.2. The Morgan fingerprint density at radius 1 is 0.900 bits per heavy atom. The van der Waals surface area contributed by atoms with Crippen molar-refractivity contribution >= 4 is 20.7 Å². The summed E-state index contributed by atoms with van der Waals surface area (Å²) in [4.78, 5) is 4.81. The second-order valence-electron chi connectivity index (χ2n) is 4.58. The van der Waals surface area contributed by atoms with Gasteiger partial charge in [0.15, 0.2) is 0 Å². The molecule has 0 aliphatic heterocycles. The number of nitrogens with zero attached hydrogens (tertiary/aromatic N) is 1. The number of aryl methyl sites for hydroxylation is 1. The molecule has 2 aromatic carbocycles. The van der Waals surface area contributed by atoms with Crippen LogP contribution in [0.2, 0.25) is 0 Å². The molecule has 0 saturated heterocycles. The van der Waals surface area contributed by atoms with Gasteiger partial charge in [0, 0.05) is 11.6 Å². The SMILES string of the molecule is Cc1c(S(=O)(=O)c2ccccc2)cnc2ccccc12. The van der Waals surface area contributed by atoms with E-state index >= 15 is 0 Å². The molecule has 0 unspecified atom stereocenters. The fourth-order valence-corrected chi connectivity index (χ4v) is 3.73. The maximum absolute atomic E-state index is 12.7. The van der Waals surface area contributed by atoms with Crippen LogP contribution in [-0.2, 0) is 9.84 Å². The number of aromatic nitrogens is 1. The standard InChI is InChI=1S/C16H13NO2S/c1-12-14-9-5-6-10-15(14)17-11-16(12)20(18,19)13-7-3-2-4-8-13/h2-11H,1H3.